The molecule has 0 saturated carbocycles. The molecule has 116 valence electrons. The average molecular weight is 297 g/mol. The summed E-state index contributed by atoms with van der Waals surface area (Å²) in [5, 5.41) is 22.4. The third-order valence-electron chi connectivity index (χ3n) is 3.05. The summed E-state index contributed by atoms with van der Waals surface area (Å²) in [6.07, 6.45) is 1.25. The number of amides is 1. The maximum atomic E-state index is 12.2. The van der Waals surface area contributed by atoms with Gasteiger partial charge in [0.1, 0.15) is 11.7 Å². The van der Waals surface area contributed by atoms with Crippen LogP contribution in [-0.4, -0.2) is 32.5 Å². The van der Waals surface area contributed by atoms with Crippen LogP contribution in [-0.2, 0) is 11.3 Å². The van der Waals surface area contributed by atoms with E-state index in [9.17, 15) is 24.8 Å². The molecule has 1 atom stereocenters. The number of nitrogens with zero attached hydrogens (tertiary/aromatic N) is 2. The van der Waals surface area contributed by atoms with Gasteiger partial charge in [0.15, 0.2) is 0 Å². The van der Waals surface area contributed by atoms with Crippen LogP contribution in [0.1, 0.15) is 38.2 Å². The summed E-state index contributed by atoms with van der Waals surface area (Å²) in [6.45, 7) is 7.16. The van der Waals surface area contributed by atoms with Crippen molar-refractivity contribution in [1.29, 1.82) is 0 Å². The standard InChI is InChI=1S/C13H19N3O5/c1-5-15-7-8(16(20)21)6-9(15)11(17)14-10(12(18)19)13(2,3)4/h6-7,10H,5H2,1-4H3,(H,14,17)(H,18,19)/t10-/m0/s1. The van der Waals surface area contributed by atoms with E-state index in [1.165, 1.54) is 10.8 Å². The number of aryl methyl sites for hydroxylation is 1. The van der Waals surface area contributed by atoms with E-state index < -0.39 is 28.3 Å². The Morgan fingerprint density at radius 3 is 2.43 bits per heavy atom. The number of rotatable bonds is 5. The first-order chi connectivity index (χ1) is 9.57. The topological polar surface area (TPSA) is 114 Å². The molecule has 0 spiro atoms. The summed E-state index contributed by atoms with van der Waals surface area (Å²) in [7, 11) is 0. The van der Waals surface area contributed by atoms with E-state index in [4.69, 9.17) is 0 Å². The molecule has 8 heteroatoms. The first kappa shape index (κ1) is 16.7. The van der Waals surface area contributed by atoms with Crippen molar-refractivity contribution < 1.29 is 19.6 Å². The highest BCUT2D eigenvalue weighted by atomic mass is 16.6. The Morgan fingerprint density at radius 2 is 2.05 bits per heavy atom. The van der Waals surface area contributed by atoms with Crippen LogP contribution in [0.3, 0.4) is 0 Å². The molecule has 0 aromatic carbocycles. The van der Waals surface area contributed by atoms with Crippen molar-refractivity contribution in [2.24, 2.45) is 5.41 Å². The van der Waals surface area contributed by atoms with Gasteiger partial charge >= 0.3 is 5.97 Å². The van der Waals surface area contributed by atoms with E-state index in [2.05, 4.69) is 5.32 Å². The molecule has 2 N–H and O–H groups in total. The van der Waals surface area contributed by atoms with Crippen LogP contribution in [0.4, 0.5) is 5.69 Å². The Labute approximate surface area is 121 Å². The number of carboxylic acids is 1. The van der Waals surface area contributed by atoms with E-state index in [-0.39, 0.29) is 11.4 Å². The molecule has 1 aromatic heterocycles. The van der Waals surface area contributed by atoms with Crippen molar-refractivity contribution in [1.82, 2.24) is 9.88 Å². The summed E-state index contributed by atoms with van der Waals surface area (Å²) >= 11 is 0. The number of nitro groups is 1. The molecule has 8 nitrogen and oxygen atoms in total. The van der Waals surface area contributed by atoms with Gasteiger partial charge in [-0.3, -0.25) is 14.9 Å². The molecule has 21 heavy (non-hydrogen) atoms. The Morgan fingerprint density at radius 1 is 1.48 bits per heavy atom. The fourth-order valence-corrected chi connectivity index (χ4v) is 1.90. The van der Waals surface area contributed by atoms with E-state index in [0.29, 0.717) is 6.54 Å². The maximum Gasteiger partial charge on any atom is 0.326 e. The number of nitrogens with one attached hydrogen (secondary N) is 1. The Hall–Kier alpha value is -2.38. The summed E-state index contributed by atoms with van der Waals surface area (Å²) in [6, 6.07) is 0.0460. The lowest BCUT2D eigenvalue weighted by Gasteiger charge is -2.27. The van der Waals surface area contributed by atoms with Gasteiger partial charge in [0.05, 0.1) is 11.1 Å². The molecular formula is C13H19N3O5. The number of aliphatic carboxylic acids is 1. The van der Waals surface area contributed by atoms with Crippen molar-refractivity contribution in [2.45, 2.75) is 40.3 Å². The van der Waals surface area contributed by atoms with Crippen molar-refractivity contribution in [3.63, 3.8) is 0 Å². The fraction of sp³-hybridized carbons (Fsp3) is 0.538. The molecule has 0 aliphatic heterocycles. The van der Waals surface area contributed by atoms with Crippen LogP contribution in [0, 0.1) is 15.5 Å². The number of carbonyl (C=O) groups is 2. The van der Waals surface area contributed by atoms with Crippen molar-refractivity contribution in [3.8, 4) is 0 Å². The Bertz CT molecular complexity index is 571. The lowest BCUT2D eigenvalue weighted by atomic mass is 9.86. The lowest BCUT2D eigenvalue weighted by Crippen LogP contribution is -2.49. The molecule has 0 bridgehead atoms. The second kappa shape index (κ2) is 5.94. The first-order valence-corrected chi connectivity index (χ1v) is 6.46. The van der Waals surface area contributed by atoms with Crippen LogP contribution in [0.5, 0.6) is 0 Å². The first-order valence-electron chi connectivity index (χ1n) is 6.46. The van der Waals surface area contributed by atoms with Gasteiger partial charge < -0.3 is 15.0 Å². The molecular weight excluding hydrogens is 278 g/mol. The van der Waals surface area contributed by atoms with E-state index >= 15 is 0 Å². The number of hydrogen-bond acceptors (Lipinski definition) is 4. The minimum atomic E-state index is -1.15. The fourth-order valence-electron chi connectivity index (χ4n) is 1.90. The van der Waals surface area contributed by atoms with Gasteiger partial charge in [-0.2, -0.15) is 0 Å². The van der Waals surface area contributed by atoms with Gasteiger partial charge in [-0.25, -0.2) is 4.79 Å². The number of hydrogen-bond donors (Lipinski definition) is 2. The Kier molecular flexibility index (Phi) is 4.72. The van der Waals surface area contributed by atoms with E-state index in [0.717, 1.165) is 6.07 Å². The van der Waals surface area contributed by atoms with Crippen LogP contribution in [0.15, 0.2) is 12.3 Å². The van der Waals surface area contributed by atoms with Crippen LogP contribution < -0.4 is 5.32 Å². The third-order valence-corrected chi connectivity index (χ3v) is 3.05. The molecule has 1 aromatic rings. The van der Waals surface area contributed by atoms with Gasteiger partial charge in [0.2, 0.25) is 0 Å². The van der Waals surface area contributed by atoms with Gasteiger partial charge in [-0.05, 0) is 12.3 Å². The highest BCUT2D eigenvalue weighted by molar-refractivity contribution is 5.96. The quantitative estimate of drug-likeness (QED) is 0.633. The molecule has 0 saturated heterocycles. The monoisotopic (exact) mass is 297 g/mol. The predicted octanol–water partition coefficient (Wildman–Crippen LogP) is 1.65. The SMILES string of the molecule is CCn1cc([N+](=O)[O-])cc1C(=O)N[C@@H](C(=O)O)C(C)(C)C. The number of aromatic nitrogens is 1. The zero-order valence-electron chi connectivity index (χ0n) is 12.4. The van der Waals surface area contributed by atoms with Gasteiger partial charge in [0, 0.05) is 12.6 Å². The van der Waals surface area contributed by atoms with Crippen LogP contribution in [0.2, 0.25) is 0 Å². The minimum Gasteiger partial charge on any atom is -0.480 e. The molecule has 0 fully saturated rings. The summed E-state index contributed by atoms with van der Waals surface area (Å²) in [5.41, 5.74) is -0.818. The van der Waals surface area contributed by atoms with Crippen molar-refractivity contribution in [3.05, 3.63) is 28.1 Å². The summed E-state index contributed by atoms with van der Waals surface area (Å²) < 4.78 is 1.41. The lowest BCUT2D eigenvalue weighted by molar-refractivity contribution is -0.384. The van der Waals surface area contributed by atoms with E-state index in [1.807, 2.05) is 0 Å². The minimum absolute atomic E-state index is 0.0692. The molecule has 0 unspecified atom stereocenters. The largest absolute Gasteiger partial charge is 0.480 e. The number of carbonyl (C=O) groups excluding carboxylic acids is 1. The van der Waals surface area contributed by atoms with Gasteiger partial charge in [0.25, 0.3) is 11.6 Å². The van der Waals surface area contributed by atoms with Crippen LogP contribution in [0.25, 0.3) is 0 Å². The predicted molar refractivity (Wildman–Crippen MR) is 75.1 cm³/mol. The highest BCUT2D eigenvalue weighted by Gasteiger charge is 2.33. The number of carboxylic acid groups (broad SMARTS) is 1. The van der Waals surface area contributed by atoms with Gasteiger partial charge in [-0.15, -0.1) is 0 Å². The normalized spacial score (nSPS) is 12.8. The summed E-state index contributed by atoms with van der Waals surface area (Å²) in [5.74, 6) is -1.80. The molecule has 0 radical (unpaired) electrons. The second-order valence-corrected chi connectivity index (χ2v) is 5.74. The molecule has 1 amide bonds. The van der Waals surface area contributed by atoms with Crippen molar-refractivity contribution in [2.75, 3.05) is 0 Å². The highest BCUT2D eigenvalue weighted by Crippen LogP contribution is 2.21. The molecule has 1 rings (SSSR count). The third kappa shape index (κ3) is 3.80. The second-order valence-electron chi connectivity index (χ2n) is 5.74. The summed E-state index contributed by atoms with van der Waals surface area (Å²) in [4.78, 5) is 33.6. The maximum absolute atomic E-state index is 12.2. The zero-order valence-corrected chi connectivity index (χ0v) is 12.4. The van der Waals surface area contributed by atoms with Crippen molar-refractivity contribution >= 4 is 17.6 Å². The Balaban J connectivity index is 3.08. The molecule has 0 aliphatic rings. The average Bonchev–Trinajstić information content (AvgIpc) is 2.78. The molecule has 0 aliphatic carbocycles. The molecule has 1 heterocycles. The zero-order chi connectivity index (χ0) is 16.4. The van der Waals surface area contributed by atoms with E-state index in [1.54, 1.807) is 27.7 Å². The van der Waals surface area contributed by atoms with Gasteiger partial charge in [-0.1, -0.05) is 20.8 Å². The smallest absolute Gasteiger partial charge is 0.326 e. The van der Waals surface area contributed by atoms with Crippen LogP contribution >= 0.6 is 0 Å².